The molecule has 2 aromatic carbocycles. The molecule has 0 aliphatic heterocycles. The molecule has 4 heteroatoms. The first-order valence-electron chi connectivity index (χ1n) is 7.22. The maximum absolute atomic E-state index is 11.9. The number of benzene rings is 2. The van der Waals surface area contributed by atoms with Crippen molar-refractivity contribution in [1.82, 2.24) is 10.6 Å². The number of amides is 1. The number of rotatable bonds is 5. The van der Waals surface area contributed by atoms with Crippen LogP contribution < -0.4 is 10.6 Å². The maximum atomic E-state index is 11.9. The van der Waals surface area contributed by atoms with Crippen LogP contribution in [0.25, 0.3) is 10.8 Å². The normalized spacial score (nSPS) is 12.6. The summed E-state index contributed by atoms with van der Waals surface area (Å²) in [5.41, 5.74) is 0.817. The molecule has 4 nitrogen and oxygen atoms in total. The Hall–Kier alpha value is -2.07. The number of nitrogens with one attached hydrogen (secondary N) is 2. The molecular formula is C17H22N2O2. The smallest absolute Gasteiger partial charge is 0.237 e. The molecule has 0 saturated carbocycles. The summed E-state index contributed by atoms with van der Waals surface area (Å²) in [7, 11) is 0. The van der Waals surface area contributed by atoms with Crippen molar-refractivity contribution in [1.29, 1.82) is 0 Å². The second-order valence-electron chi connectivity index (χ2n) is 5.55. The first-order chi connectivity index (χ1) is 9.99. The van der Waals surface area contributed by atoms with Crippen LogP contribution in [0.1, 0.15) is 26.3 Å². The van der Waals surface area contributed by atoms with E-state index in [1.54, 1.807) is 6.07 Å². The number of phenolic OH excluding ortho intramolecular Hbond substituents is 1. The summed E-state index contributed by atoms with van der Waals surface area (Å²) < 4.78 is 0. The lowest BCUT2D eigenvalue weighted by Gasteiger charge is -2.17. The Morgan fingerprint density at radius 3 is 2.57 bits per heavy atom. The van der Waals surface area contributed by atoms with Gasteiger partial charge in [-0.1, -0.05) is 30.3 Å². The van der Waals surface area contributed by atoms with E-state index in [1.165, 1.54) is 0 Å². The van der Waals surface area contributed by atoms with E-state index < -0.39 is 0 Å². The van der Waals surface area contributed by atoms with E-state index in [0.29, 0.717) is 6.54 Å². The van der Waals surface area contributed by atoms with E-state index in [4.69, 9.17) is 0 Å². The predicted octanol–water partition coefficient (Wildman–Crippen LogP) is 2.55. The lowest BCUT2D eigenvalue weighted by Crippen LogP contribution is -2.44. The van der Waals surface area contributed by atoms with Crippen molar-refractivity contribution < 1.29 is 9.90 Å². The molecule has 0 spiro atoms. The predicted molar refractivity (Wildman–Crippen MR) is 85.2 cm³/mol. The van der Waals surface area contributed by atoms with Crippen molar-refractivity contribution in [2.24, 2.45) is 0 Å². The quantitative estimate of drug-likeness (QED) is 0.791. The van der Waals surface area contributed by atoms with Gasteiger partial charge in [0, 0.05) is 18.2 Å². The van der Waals surface area contributed by atoms with Gasteiger partial charge in [0.1, 0.15) is 5.75 Å². The van der Waals surface area contributed by atoms with Gasteiger partial charge in [0.2, 0.25) is 5.91 Å². The fraction of sp³-hybridized carbons (Fsp3) is 0.353. The molecule has 0 aliphatic carbocycles. The molecule has 0 saturated heterocycles. The Bertz CT molecular complexity index is 638. The van der Waals surface area contributed by atoms with Gasteiger partial charge in [-0.25, -0.2) is 0 Å². The largest absolute Gasteiger partial charge is 0.508 e. The third kappa shape index (κ3) is 3.73. The number of aromatic hydroxyl groups is 1. The standard InChI is InChI=1S/C17H22N2O2/c1-11(2)19-17(21)12(3)18-10-15-14-7-5-4-6-13(14)8-9-16(15)20/h4-9,11-12,18,20H,10H2,1-3H3,(H,19,21). The highest BCUT2D eigenvalue weighted by Crippen LogP contribution is 2.26. The van der Waals surface area contributed by atoms with Crippen molar-refractivity contribution in [3.8, 4) is 5.75 Å². The molecule has 1 unspecified atom stereocenters. The fourth-order valence-electron chi connectivity index (χ4n) is 2.27. The summed E-state index contributed by atoms with van der Waals surface area (Å²) in [5, 5.41) is 18.2. The molecule has 0 radical (unpaired) electrons. The minimum absolute atomic E-state index is 0.0373. The minimum Gasteiger partial charge on any atom is -0.508 e. The van der Waals surface area contributed by atoms with Crippen molar-refractivity contribution in [2.45, 2.75) is 39.4 Å². The van der Waals surface area contributed by atoms with E-state index in [-0.39, 0.29) is 23.7 Å². The first kappa shape index (κ1) is 15.3. The summed E-state index contributed by atoms with van der Waals surface area (Å²) in [4.78, 5) is 11.9. The van der Waals surface area contributed by atoms with Gasteiger partial charge in [0.25, 0.3) is 0 Å². The summed E-state index contributed by atoms with van der Waals surface area (Å²) in [6.07, 6.45) is 0. The second-order valence-corrected chi connectivity index (χ2v) is 5.55. The first-order valence-corrected chi connectivity index (χ1v) is 7.22. The van der Waals surface area contributed by atoms with E-state index in [1.807, 2.05) is 51.1 Å². The van der Waals surface area contributed by atoms with Crippen molar-refractivity contribution in [3.05, 3.63) is 42.0 Å². The fourth-order valence-corrected chi connectivity index (χ4v) is 2.27. The van der Waals surface area contributed by atoms with Crippen molar-refractivity contribution in [3.63, 3.8) is 0 Å². The molecule has 0 fully saturated rings. The van der Waals surface area contributed by atoms with Gasteiger partial charge < -0.3 is 15.7 Å². The molecule has 2 rings (SSSR count). The van der Waals surface area contributed by atoms with Gasteiger partial charge in [-0.2, -0.15) is 0 Å². The molecule has 0 heterocycles. The van der Waals surface area contributed by atoms with E-state index in [9.17, 15) is 9.90 Å². The average molecular weight is 286 g/mol. The highest BCUT2D eigenvalue weighted by molar-refractivity contribution is 5.87. The third-order valence-corrected chi connectivity index (χ3v) is 3.43. The van der Waals surface area contributed by atoms with E-state index in [0.717, 1.165) is 16.3 Å². The van der Waals surface area contributed by atoms with Crippen LogP contribution in [0, 0.1) is 0 Å². The Kier molecular flexibility index (Phi) is 4.81. The SMILES string of the molecule is CC(C)NC(=O)C(C)NCc1c(O)ccc2ccccc12. The highest BCUT2D eigenvalue weighted by Gasteiger charge is 2.14. The zero-order chi connectivity index (χ0) is 15.4. The molecule has 1 amide bonds. The van der Waals surface area contributed by atoms with Gasteiger partial charge in [-0.3, -0.25) is 4.79 Å². The zero-order valence-electron chi connectivity index (χ0n) is 12.7. The summed E-state index contributed by atoms with van der Waals surface area (Å²) in [6.45, 7) is 6.13. The van der Waals surface area contributed by atoms with Crippen LogP contribution in [0.4, 0.5) is 0 Å². The minimum atomic E-state index is -0.314. The Balaban J connectivity index is 2.13. The summed E-state index contributed by atoms with van der Waals surface area (Å²) in [6, 6.07) is 11.3. The Morgan fingerprint density at radius 1 is 1.14 bits per heavy atom. The molecule has 2 aromatic rings. The molecule has 0 aromatic heterocycles. The van der Waals surface area contributed by atoms with Gasteiger partial charge in [-0.15, -0.1) is 0 Å². The molecule has 3 N–H and O–H groups in total. The summed E-state index contributed by atoms with van der Waals surface area (Å²) >= 11 is 0. The van der Waals surface area contributed by atoms with E-state index >= 15 is 0 Å². The van der Waals surface area contributed by atoms with Crippen molar-refractivity contribution >= 4 is 16.7 Å². The van der Waals surface area contributed by atoms with Gasteiger partial charge in [0.05, 0.1) is 6.04 Å². The molecule has 1 atom stereocenters. The third-order valence-electron chi connectivity index (χ3n) is 3.43. The number of hydrogen-bond acceptors (Lipinski definition) is 3. The number of fused-ring (bicyclic) bond motifs is 1. The number of carbonyl (C=O) groups excluding carboxylic acids is 1. The lowest BCUT2D eigenvalue weighted by molar-refractivity contribution is -0.123. The second kappa shape index (κ2) is 6.59. The van der Waals surface area contributed by atoms with Crippen LogP contribution in [0.3, 0.4) is 0 Å². The van der Waals surface area contributed by atoms with Crippen LogP contribution in [0.15, 0.2) is 36.4 Å². The van der Waals surface area contributed by atoms with Gasteiger partial charge in [-0.05, 0) is 37.6 Å². The van der Waals surface area contributed by atoms with Crippen LogP contribution in [-0.2, 0) is 11.3 Å². The Labute approximate surface area is 125 Å². The number of carbonyl (C=O) groups is 1. The summed E-state index contributed by atoms with van der Waals surface area (Å²) in [5.74, 6) is 0.211. The molecule has 0 bridgehead atoms. The topological polar surface area (TPSA) is 61.4 Å². The highest BCUT2D eigenvalue weighted by atomic mass is 16.3. The van der Waals surface area contributed by atoms with Gasteiger partial charge in [0.15, 0.2) is 0 Å². The van der Waals surface area contributed by atoms with Crippen LogP contribution >= 0.6 is 0 Å². The molecule has 21 heavy (non-hydrogen) atoms. The maximum Gasteiger partial charge on any atom is 0.237 e. The monoisotopic (exact) mass is 286 g/mol. The van der Waals surface area contributed by atoms with Crippen LogP contribution in [-0.4, -0.2) is 23.1 Å². The van der Waals surface area contributed by atoms with Crippen LogP contribution in [0.5, 0.6) is 5.75 Å². The number of hydrogen-bond donors (Lipinski definition) is 3. The molecular weight excluding hydrogens is 264 g/mol. The van der Waals surface area contributed by atoms with Crippen LogP contribution in [0.2, 0.25) is 0 Å². The van der Waals surface area contributed by atoms with E-state index in [2.05, 4.69) is 10.6 Å². The molecule has 0 aliphatic rings. The average Bonchev–Trinajstić information content (AvgIpc) is 2.45. The number of phenols is 1. The zero-order valence-corrected chi connectivity index (χ0v) is 12.7. The Morgan fingerprint density at radius 2 is 1.86 bits per heavy atom. The molecule has 112 valence electrons. The lowest BCUT2D eigenvalue weighted by atomic mass is 10.0. The van der Waals surface area contributed by atoms with Gasteiger partial charge >= 0.3 is 0 Å². The van der Waals surface area contributed by atoms with Crippen molar-refractivity contribution in [2.75, 3.05) is 0 Å².